The molecule has 2 rings (SSSR count). The van der Waals surface area contributed by atoms with Crippen molar-refractivity contribution in [3.63, 3.8) is 0 Å². The summed E-state index contributed by atoms with van der Waals surface area (Å²) >= 11 is 10.5. The van der Waals surface area contributed by atoms with Crippen LogP contribution in [0.1, 0.15) is 12.5 Å². The van der Waals surface area contributed by atoms with Gasteiger partial charge >= 0.3 is 0 Å². The summed E-state index contributed by atoms with van der Waals surface area (Å²) in [4.78, 5) is 12.1. The number of aromatic nitrogens is 2. The number of hydrogen-bond acceptors (Lipinski definition) is 6. The maximum atomic E-state index is 12.1. The third-order valence-electron chi connectivity index (χ3n) is 2.62. The maximum absolute atomic E-state index is 12.1. The molecule has 0 radical (unpaired) electrons. The predicted molar refractivity (Wildman–Crippen MR) is 90.3 cm³/mol. The number of rotatable bonds is 6. The molecular weight excluding hydrogens is 346 g/mol. The molecule has 0 aliphatic carbocycles. The Morgan fingerprint density at radius 3 is 2.76 bits per heavy atom. The molecule has 1 aromatic heterocycles. The van der Waals surface area contributed by atoms with Gasteiger partial charge in [-0.1, -0.05) is 64.7 Å². The van der Waals surface area contributed by atoms with Gasteiger partial charge in [-0.15, -0.1) is 10.2 Å². The fourth-order valence-corrected chi connectivity index (χ4v) is 4.31. The largest absolute Gasteiger partial charge is 0.351 e. The van der Waals surface area contributed by atoms with Gasteiger partial charge in [-0.05, 0) is 24.8 Å². The van der Waals surface area contributed by atoms with Gasteiger partial charge < -0.3 is 5.32 Å². The van der Waals surface area contributed by atoms with Crippen molar-refractivity contribution in [2.75, 3.05) is 6.26 Å². The highest BCUT2D eigenvalue weighted by molar-refractivity contribution is 8.03. The van der Waals surface area contributed by atoms with Gasteiger partial charge in [0.1, 0.15) is 0 Å². The van der Waals surface area contributed by atoms with Crippen LogP contribution in [0.2, 0.25) is 5.02 Å². The SMILES string of the molecule is CSc1nnc(S[C@@H](C)C(=O)NCc2ccccc2Cl)s1. The monoisotopic (exact) mass is 359 g/mol. The highest BCUT2D eigenvalue weighted by Crippen LogP contribution is 2.30. The molecule has 1 amide bonds. The van der Waals surface area contributed by atoms with Crippen LogP contribution in [0.15, 0.2) is 32.9 Å². The van der Waals surface area contributed by atoms with Crippen LogP contribution in [-0.4, -0.2) is 27.6 Å². The zero-order valence-corrected chi connectivity index (χ0v) is 14.7. The van der Waals surface area contributed by atoms with Crippen LogP contribution in [0.5, 0.6) is 0 Å². The first-order valence-corrected chi connectivity index (χ1v) is 9.45. The second-order valence-corrected chi connectivity index (χ2v) is 8.13. The minimum atomic E-state index is -0.227. The lowest BCUT2D eigenvalue weighted by Gasteiger charge is -2.11. The topological polar surface area (TPSA) is 54.9 Å². The van der Waals surface area contributed by atoms with Crippen molar-refractivity contribution in [3.8, 4) is 0 Å². The van der Waals surface area contributed by atoms with E-state index in [-0.39, 0.29) is 11.2 Å². The molecule has 1 heterocycles. The molecule has 0 aliphatic rings. The summed E-state index contributed by atoms with van der Waals surface area (Å²) < 4.78 is 1.71. The standard InChI is InChI=1S/C13H14ClN3OS3/c1-8(20-13-17-16-12(19-2)21-13)11(18)15-7-9-5-3-4-6-10(9)14/h3-6,8H,7H2,1-2H3,(H,15,18)/t8-/m0/s1. The number of carbonyl (C=O) groups is 1. The highest BCUT2D eigenvalue weighted by atomic mass is 35.5. The lowest BCUT2D eigenvalue weighted by Crippen LogP contribution is -2.30. The van der Waals surface area contributed by atoms with Crippen LogP contribution >= 0.6 is 46.5 Å². The van der Waals surface area contributed by atoms with Crippen LogP contribution < -0.4 is 5.32 Å². The Labute approximate surface area is 141 Å². The van der Waals surface area contributed by atoms with Crippen LogP contribution in [0, 0.1) is 0 Å². The predicted octanol–water partition coefficient (Wildman–Crippen LogP) is 3.71. The van der Waals surface area contributed by atoms with Gasteiger partial charge in [0.05, 0.1) is 5.25 Å². The van der Waals surface area contributed by atoms with Crippen molar-refractivity contribution in [1.29, 1.82) is 0 Å². The Hall–Kier alpha value is -0.760. The van der Waals surface area contributed by atoms with Gasteiger partial charge in [0.2, 0.25) is 5.91 Å². The third kappa shape index (κ3) is 4.88. The third-order valence-corrected chi connectivity index (χ3v) is 6.07. The van der Waals surface area contributed by atoms with E-state index in [0.29, 0.717) is 11.6 Å². The number of nitrogens with zero attached hydrogens (tertiary/aromatic N) is 2. The normalized spacial score (nSPS) is 12.1. The summed E-state index contributed by atoms with van der Waals surface area (Å²) in [5.41, 5.74) is 0.908. The quantitative estimate of drug-likeness (QED) is 0.797. The highest BCUT2D eigenvalue weighted by Gasteiger charge is 2.17. The zero-order chi connectivity index (χ0) is 15.2. The van der Waals surface area contributed by atoms with Crippen molar-refractivity contribution in [3.05, 3.63) is 34.9 Å². The molecule has 0 spiro atoms. The summed E-state index contributed by atoms with van der Waals surface area (Å²) in [6.45, 7) is 2.28. The lowest BCUT2D eigenvalue weighted by molar-refractivity contribution is -0.120. The molecule has 0 saturated carbocycles. The summed E-state index contributed by atoms with van der Waals surface area (Å²) in [7, 11) is 0. The molecule has 1 N–H and O–H groups in total. The molecule has 1 aromatic carbocycles. The smallest absolute Gasteiger partial charge is 0.233 e. The lowest BCUT2D eigenvalue weighted by atomic mass is 10.2. The first kappa shape index (κ1) is 16.6. The van der Waals surface area contributed by atoms with Gasteiger partial charge in [0.15, 0.2) is 8.68 Å². The molecule has 2 aromatic rings. The van der Waals surface area contributed by atoms with E-state index in [0.717, 1.165) is 14.2 Å². The number of benzene rings is 1. The number of amides is 1. The maximum Gasteiger partial charge on any atom is 0.233 e. The first-order valence-electron chi connectivity index (χ1n) is 6.15. The molecule has 1 atom stereocenters. The second-order valence-electron chi connectivity index (χ2n) is 4.11. The number of hydrogen-bond donors (Lipinski definition) is 1. The van der Waals surface area contributed by atoms with Crippen molar-refractivity contribution < 1.29 is 4.79 Å². The minimum Gasteiger partial charge on any atom is -0.351 e. The minimum absolute atomic E-state index is 0.0409. The summed E-state index contributed by atoms with van der Waals surface area (Å²) in [6.07, 6.45) is 1.95. The van der Waals surface area contributed by atoms with E-state index in [1.165, 1.54) is 23.1 Å². The van der Waals surface area contributed by atoms with Crippen molar-refractivity contribution in [1.82, 2.24) is 15.5 Å². The van der Waals surface area contributed by atoms with Gasteiger partial charge in [-0.2, -0.15) is 0 Å². The van der Waals surface area contributed by atoms with Gasteiger partial charge in [-0.3, -0.25) is 4.79 Å². The van der Waals surface area contributed by atoms with Crippen LogP contribution in [0.4, 0.5) is 0 Å². The first-order chi connectivity index (χ1) is 10.1. The second kappa shape index (κ2) is 8.03. The number of thioether (sulfide) groups is 2. The fraction of sp³-hybridized carbons (Fsp3) is 0.308. The summed E-state index contributed by atoms with van der Waals surface area (Å²) in [5, 5.41) is 11.4. The molecule has 8 heteroatoms. The average molecular weight is 360 g/mol. The number of nitrogens with one attached hydrogen (secondary N) is 1. The molecule has 21 heavy (non-hydrogen) atoms. The Morgan fingerprint density at radius 2 is 2.10 bits per heavy atom. The van der Waals surface area contributed by atoms with Crippen molar-refractivity contribution in [2.24, 2.45) is 0 Å². The van der Waals surface area contributed by atoms with Crippen molar-refractivity contribution in [2.45, 2.75) is 27.4 Å². The molecule has 0 fully saturated rings. The molecule has 0 bridgehead atoms. The summed E-state index contributed by atoms with van der Waals surface area (Å²) in [6, 6.07) is 7.48. The van der Waals surface area contributed by atoms with Gasteiger partial charge in [-0.25, -0.2) is 0 Å². The van der Waals surface area contributed by atoms with E-state index in [4.69, 9.17) is 11.6 Å². The Kier molecular flexibility index (Phi) is 6.35. The van der Waals surface area contributed by atoms with Crippen LogP contribution in [0.25, 0.3) is 0 Å². The van der Waals surface area contributed by atoms with Crippen LogP contribution in [-0.2, 0) is 11.3 Å². The van der Waals surface area contributed by atoms with Gasteiger partial charge in [0, 0.05) is 11.6 Å². The van der Waals surface area contributed by atoms with E-state index < -0.39 is 0 Å². The van der Waals surface area contributed by atoms with E-state index in [9.17, 15) is 4.79 Å². The zero-order valence-electron chi connectivity index (χ0n) is 11.5. The summed E-state index contributed by atoms with van der Waals surface area (Å²) in [5.74, 6) is -0.0409. The Bertz CT molecular complexity index is 620. The van der Waals surface area contributed by atoms with Crippen LogP contribution in [0.3, 0.4) is 0 Å². The molecule has 0 aliphatic heterocycles. The van der Waals surface area contributed by atoms with Crippen molar-refractivity contribution >= 4 is 52.4 Å². The Morgan fingerprint density at radius 1 is 1.38 bits per heavy atom. The van der Waals surface area contributed by atoms with E-state index in [1.807, 2.05) is 37.4 Å². The molecule has 112 valence electrons. The molecule has 0 saturated heterocycles. The van der Waals surface area contributed by atoms with E-state index in [1.54, 1.807) is 11.8 Å². The molecule has 0 unspecified atom stereocenters. The van der Waals surface area contributed by atoms with Gasteiger partial charge in [0.25, 0.3) is 0 Å². The number of carbonyl (C=O) groups excluding carboxylic acids is 1. The molecule has 4 nitrogen and oxygen atoms in total. The Balaban J connectivity index is 1.86. The van der Waals surface area contributed by atoms with E-state index in [2.05, 4.69) is 15.5 Å². The van der Waals surface area contributed by atoms with E-state index >= 15 is 0 Å². The number of halogens is 1. The average Bonchev–Trinajstić information content (AvgIpc) is 2.93. The molecular formula is C13H14ClN3OS3. The fourth-order valence-electron chi connectivity index (χ4n) is 1.50.